The molecule has 4 rings (SSSR count). The number of hydrogen-bond donors (Lipinski definition) is 0. The third kappa shape index (κ3) is 3.60. The van der Waals surface area contributed by atoms with Crippen molar-refractivity contribution in [2.24, 2.45) is 0 Å². The van der Waals surface area contributed by atoms with Crippen LogP contribution in [0.3, 0.4) is 0 Å². The van der Waals surface area contributed by atoms with Gasteiger partial charge >= 0.3 is 5.97 Å². The van der Waals surface area contributed by atoms with E-state index >= 15 is 0 Å². The highest BCUT2D eigenvalue weighted by Crippen LogP contribution is 2.45. The molecule has 0 amide bonds. The largest absolute Gasteiger partial charge is 0.463 e. The first-order valence-corrected chi connectivity index (χ1v) is 10.4. The molecule has 1 aliphatic carbocycles. The third-order valence-corrected chi connectivity index (χ3v) is 5.99. The second kappa shape index (κ2) is 8.16. The molecule has 1 fully saturated rings. The van der Waals surface area contributed by atoms with Crippen molar-refractivity contribution in [3.63, 3.8) is 0 Å². The molecule has 1 saturated carbocycles. The SMILES string of the molecule is CCOC(=O)C=Cc1c(C2CCCCC2)c(-c2ccccc2)c2n1CCC2. The normalized spacial score (nSPS) is 17.4. The maximum Gasteiger partial charge on any atom is 0.330 e. The Hall–Kier alpha value is -2.29. The van der Waals surface area contributed by atoms with Crippen LogP contribution < -0.4 is 0 Å². The summed E-state index contributed by atoms with van der Waals surface area (Å²) in [7, 11) is 0. The molecular weight excluding hydrogens is 334 g/mol. The van der Waals surface area contributed by atoms with Crippen LogP contribution in [0.1, 0.15) is 68.3 Å². The van der Waals surface area contributed by atoms with Gasteiger partial charge in [-0.15, -0.1) is 0 Å². The van der Waals surface area contributed by atoms with E-state index in [0.717, 1.165) is 13.0 Å². The number of esters is 1. The standard InChI is InChI=1S/C24H29NO2/c1-2-27-22(26)16-15-21-24(19-12-7-4-8-13-19)23(18-10-5-3-6-11-18)20-14-9-17-25(20)21/h3,5-6,10-11,15-16,19H,2,4,7-9,12-14,17H2,1H3. The Morgan fingerprint density at radius 2 is 1.93 bits per heavy atom. The summed E-state index contributed by atoms with van der Waals surface area (Å²) in [6, 6.07) is 10.8. The number of ether oxygens (including phenoxy) is 1. The summed E-state index contributed by atoms with van der Waals surface area (Å²) < 4.78 is 7.59. The monoisotopic (exact) mass is 363 g/mol. The van der Waals surface area contributed by atoms with Gasteiger partial charge in [0, 0.05) is 29.6 Å². The molecule has 0 N–H and O–H groups in total. The number of carbonyl (C=O) groups is 1. The van der Waals surface area contributed by atoms with Crippen LogP contribution in [0.5, 0.6) is 0 Å². The molecule has 1 aliphatic heterocycles. The lowest BCUT2D eigenvalue weighted by Gasteiger charge is -2.24. The molecule has 3 heteroatoms. The predicted molar refractivity (Wildman–Crippen MR) is 110 cm³/mol. The quantitative estimate of drug-likeness (QED) is 0.502. The Bertz CT molecular complexity index is 826. The van der Waals surface area contributed by atoms with Gasteiger partial charge < -0.3 is 9.30 Å². The number of aromatic nitrogens is 1. The lowest BCUT2D eigenvalue weighted by Crippen LogP contribution is -2.08. The Morgan fingerprint density at radius 1 is 1.15 bits per heavy atom. The highest BCUT2D eigenvalue weighted by atomic mass is 16.5. The van der Waals surface area contributed by atoms with Gasteiger partial charge in [0.25, 0.3) is 0 Å². The first kappa shape index (κ1) is 18.1. The van der Waals surface area contributed by atoms with E-state index in [1.165, 1.54) is 66.6 Å². The van der Waals surface area contributed by atoms with Crippen molar-refractivity contribution < 1.29 is 9.53 Å². The molecular formula is C24H29NO2. The predicted octanol–water partition coefficient (Wildman–Crippen LogP) is 5.73. The summed E-state index contributed by atoms with van der Waals surface area (Å²) in [4.78, 5) is 12.0. The number of fused-ring (bicyclic) bond motifs is 1. The van der Waals surface area contributed by atoms with Crippen molar-refractivity contribution in [2.75, 3.05) is 6.61 Å². The Balaban J connectivity index is 1.85. The minimum Gasteiger partial charge on any atom is -0.463 e. The zero-order valence-electron chi connectivity index (χ0n) is 16.2. The Kier molecular flexibility index (Phi) is 5.47. The van der Waals surface area contributed by atoms with Gasteiger partial charge in [0.15, 0.2) is 0 Å². The van der Waals surface area contributed by atoms with E-state index in [1.54, 1.807) is 6.08 Å². The molecule has 3 nitrogen and oxygen atoms in total. The average molecular weight is 364 g/mol. The molecule has 1 aromatic carbocycles. The molecule has 2 aliphatic rings. The van der Waals surface area contributed by atoms with Crippen molar-refractivity contribution in [3.8, 4) is 11.1 Å². The molecule has 0 spiro atoms. The number of benzene rings is 1. The summed E-state index contributed by atoms with van der Waals surface area (Å²) in [5.41, 5.74) is 6.91. The summed E-state index contributed by atoms with van der Waals surface area (Å²) >= 11 is 0. The number of rotatable bonds is 5. The topological polar surface area (TPSA) is 31.2 Å². The Morgan fingerprint density at radius 3 is 2.67 bits per heavy atom. The van der Waals surface area contributed by atoms with Gasteiger partial charge in [0.1, 0.15) is 0 Å². The molecule has 0 unspecified atom stereocenters. The van der Waals surface area contributed by atoms with Gasteiger partial charge in [0.2, 0.25) is 0 Å². The van der Waals surface area contributed by atoms with Gasteiger partial charge in [-0.05, 0) is 55.7 Å². The van der Waals surface area contributed by atoms with Crippen LogP contribution >= 0.6 is 0 Å². The van der Waals surface area contributed by atoms with Crippen LogP contribution in [0.2, 0.25) is 0 Å². The fraction of sp³-hybridized carbons (Fsp3) is 0.458. The molecule has 0 bridgehead atoms. The second-order valence-corrected chi connectivity index (χ2v) is 7.66. The van der Waals surface area contributed by atoms with Gasteiger partial charge in [-0.2, -0.15) is 0 Å². The molecule has 27 heavy (non-hydrogen) atoms. The summed E-state index contributed by atoms with van der Waals surface area (Å²) in [6.45, 7) is 3.31. The molecule has 0 radical (unpaired) electrons. The van der Waals surface area contributed by atoms with Gasteiger partial charge in [-0.1, -0.05) is 49.6 Å². The van der Waals surface area contributed by atoms with Crippen LogP contribution in [-0.4, -0.2) is 17.1 Å². The van der Waals surface area contributed by atoms with E-state index in [0.29, 0.717) is 12.5 Å². The third-order valence-electron chi connectivity index (χ3n) is 5.99. The highest BCUT2D eigenvalue weighted by molar-refractivity contribution is 5.88. The number of carbonyl (C=O) groups excluding carboxylic acids is 1. The summed E-state index contributed by atoms with van der Waals surface area (Å²) in [5.74, 6) is 0.343. The van der Waals surface area contributed by atoms with Crippen molar-refractivity contribution >= 4 is 12.0 Å². The smallest absolute Gasteiger partial charge is 0.330 e. The molecule has 2 heterocycles. The lowest BCUT2D eigenvalue weighted by molar-refractivity contribution is -0.137. The van der Waals surface area contributed by atoms with Crippen LogP contribution in [0.25, 0.3) is 17.2 Å². The first-order chi connectivity index (χ1) is 13.3. The van der Waals surface area contributed by atoms with Crippen LogP contribution in [0.4, 0.5) is 0 Å². The molecule has 0 atom stereocenters. The first-order valence-electron chi connectivity index (χ1n) is 10.4. The second-order valence-electron chi connectivity index (χ2n) is 7.66. The van der Waals surface area contributed by atoms with E-state index in [2.05, 4.69) is 34.9 Å². The van der Waals surface area contributed by atoms with Gasteiger partial charge in [0.05, 0.1) is 6.61 Å². The van der Waals surface area contributed by atoms with Crippen molar-refractivity contribution in [2.45, 2.75) is 64.3 Å². The van der Waals surface area contributed by atoms with E-state index in [1.807, 2.05) is 13.0 Å². The van der Waals surface area contributed by atoms with Crippen molar-refractivity contribution in [1.82, 2.24) is 4.57 Å². The zero-order valence-corrected chi connectivity index (χ0v) is 16.2. The van der Waals surface area contributed by atoms with E-state index in [9.17, 15) is 4.79 Å². The van der Waals surface area contributed by atoms with Crippen molar-refractivity contribution in [3.05, 3.63) is 53.4 Å². The molecule has 142 valence electrons. The van der Waals surface area contributed by atoms with E-state index in [4.69, 9.17) is 4.74 Å². The van der Waals surface area contributed by atoms with E-state index < -0.39 is 0 Å². The summed E-state index contributed by atoms with van der Waals surface area (Å²) in [5, 5.41) is 0. The number of hydrogen-bond acceptors (Lipinski definition) is 2. The fourth-order valence-corrected chi connectivity index (χ4v) is 4.88. The highest BCUT2D eigenvalue weighted by Gasteiger charge is 2.30. The minimum absolute atomic E-state index is 0.248. The van der Waals surface area contributed by atoms with Crippen molar-refractivity contribution in [1.29, 1.82) is 0 Å². The van der Waals surface area contributed by atoms with Crippen LogP contribution in [0.15, 0.2) is 36.4 Å². The maximum atomic E-state index is 12.0. The van der Waals surface area contributed by atoms with Gasteiger partial charge in [-0.25, -0.2) is 4.79 Å². The minimum atomic E-state index is -0.248. The van der Waals surface area contributed by atoms with Gasteiger partial charge in [-0.3, -0.25) is 0 Å². The molecule has 2 aromatic rings. The number of nitrogens with zero attached hydrogens (tertiary/aromatic N) is 1. The van der Waals surface area contributed by atoms with E-state index in [-0.39, 0.29) is 5.97 Å². The lowest BCUT2D eigenvalue weighted by atomic mass is 9.80. The summed E-state index contributed by atoms with van der Waals surface area (Å²) in [6.07, 6.45) is 12.4. The van der Waals surface area contributed by atoms with Crippen LogP contribution in [-0.2, 0) is 22.5 Å². The average Bonchev–Trinajstić information content (AvgIpc) is 3.28. The maximum absolute atomic E-state index is 12.0. The fourth-order valence-electron chi connectivity index (χ4n) is 4.88. The molecule has 0 saturated heterocycles. The zero-order chi connectivity index (χ0) is 18.6. The van der Waals surface area contributed by atoms with Crippen LogP contribution in [0, 0.1) is 0 Å². The Labute approximate surface area is 162 Å². The molecule has 1 aromatic heterocycles.